The van der Waals surface area contributed by atoms with Crippen LogP contribution in [-0.2, 0) is 22.3 Å². The minimum absolute atomic E-state index is 0.0998. The minimum atomic E-state index is -4.62. The first-order valence-electron chi connectivity index (χ1n) is 10.4. The number of nitrogens with zero attached hydrogens (tertiary/aromatic N) is 3. The van der Waals surface area contributed by atoms with E-state index in [-0.39, 0.29) is 17.0 Å². The van der Waals surface area contributed by atoms with Gasteiger partial charge in [0.25, 0.3) is 5.56 Å². The summed E-state index contributed by atoms with van der Waals surface area (Å²) in [6.45, 7) is 1.92. The molecule has 3 rings (SSSR count). The zero-order valence-electron chi connectivity index (χ0n) is 18.6. The molecule has 0 aliphatic rings. The number of halogens is 3. The summed E-state index contributed by atoms with van der Waals surface area (Å²) in [6, 6.07) is 11.6. The van der Waals surface area contributed by atoms with Crippen LogP contribution in [0.4, 0.5) is 18.9 Å². The average Bonchev–Trinajstić information content (AvgIpc) is 2.79. The molecule has 1 heterocycles. The number of carbonyl (C=O) groups is 2. The van der Waals surface area contributed by atoms with Gasteiger partial charge in [0.15, 0.2) is 5.16 Å². The third kappa shape index (κ3) is 5.96. The van der Waals surface area contributed by atoms with E-state index in [4.69, 9.17) is 0 Å². The summed E-state index contributed by atoms with van der Waals surface area (Å²) in [5.41, 5.74) is -1.02. The summed E-state index contributed by atoms with van der Waals surface area (Å²) in [5, 5.41) is 3.08. The van der Waals surface area contributed by atoms with Gasteiger partial charge in [-0.25, -0.2) is 4.98 Å². The number of likely N-dealkylation sites (N-methyl/N-ethyl adjacent to an activating group) is 1. The second-order valence-electron chi connectivity index (χ2n) is 7.50. The number of alkyl halides is 3. The molecule has 7 nitrogen and oxygen atoms in total. The van der Waals surface area contributed by atoms with E-state index in [9.17, 15) is 27.6 Å². The van der Waals surface area contributed by atoms with Gasteiger partial charge in [-0.3, -0.25) is 19.0 Å². The van der Waals surface area contributed by atoms with Crippen LogP contribution in [-0.4, -0.2) is 45.6 Å². The van der Waals surface area contributed by atoms with Crippen molar-refractivity contribution in [3.05, 3.63) is 64.4 Å². The molecule has 1 N–H and O–H groups in total. The third-order valence-corrected chi connectivity index (χ3v) is 5.87. The average molecular weight is 493 g/mol. The Labute approximate surface area is 198 Å². The molecule has 0 fully saturated rings. The minimum Gasteiger partial charge on any atom is -0.336 e. The predicted molar refractivity (Wildman–Crippen MR) is 125 cm³/mol. The summed E-state index contributed by atoms with van der Waals surface area (Å²) in [7, 11) is 1.38. The number of carbonyl (C=O) groups excluding carboxylic acids is 2. The molecule has 1 aromatic heterocycles. The van der Waals surface area contributed by atoms with Gasteiger partial charge in [0, 0.05) is 13.6 Å². The zero-order valence-corrected chi connectivity index (χ0v) is 19.4. The molecule has 0 aliphatic heterocycles. The van der Waals surface area contributed by atoms with Crippen LogP contribution in [0, 0.1) is 0 Å². The Balaban J connectivity index is 1.67. The molecule has 180 valence electrons. The van der Waals surface area contributed by atoms with Gasteiger partial charge in [0.05, 0.1) is 34.5 Å². The first-order valence-corrected chi connectivity index (χ1v) is 11.4. The van der Waals surface area contributed by atoms with Crippen LogP contribution in [0.2, 0.25) is 0 Å². The molecule has 3 aromatic rings. The predicted octanol–water partition coefficient (Wildman–Crippen LogP) is 4.01. The van der Waals surface area contributed by atoms with E-state index >= 15 is 0 Å². The van der Waals surface area contributed by atoms with Crippen LogP contribution in [0.15, 0.2) is 58.5 Å². The van der Waals surface area contributed by atoms with E-state index < -0.39 is 30.1 Å². The largest absolute Gasteiger partial charge is 0.418 e. The maximum atomic E-state index is 13.1. The SMILES string of the molecule is CCCn1c(SCC(=O)N(C)CC(=O)Nc2ccccc2C(F)(F)F)nc2ccccc2c1=O. The third-order valence-electron chi connectivity index (χ3n) is 4.91. The van der Waals surface area contributed by atoms with Crippen molar-refractivity contribution >= 4 is 40.2 Å². The fraction of sp³-hybridized carbons (Fsp3) is 0.304. The van der Waals surface area contributed by atoms with Gasteiger partial charge in [0.1, 0.15) is 0 Å². The van der Waals surface area contributed by atoms with Gasteiger partial charge in [-0.2, -0.15) is 13.2 Å². The molecule has 0 bridgehead atoms. The van der Waals surface area contributed by atoms with Gasteiger partial charge >= 0.3 is 6.18 Å². The highest BCUT2D eigenvalue weighted by Crippen LogP contribution is 2.34. The fourth-order valence-corrected chi connectivity index (χ4v) is 4.21. The first kappa shape index (κ1) is 25.3. The van der Waals surface area contributed by atoms with Crippen molar-refractivity contribution in [2.24, 2.45) is 0 Å². The Bertz CT molecular complexity index is 1260. The molecule has 0 radical (unpaired) electrons. The Morgan fingerprint density at radius 2 is 1.79 bits per heavy atom. The Morgan fingerprint density at radius 1 is 1.12 bits per heavy atom. The van der Waals surface area contributed by atoms with Crippen molar-refractivity contribution in [1.82, 2.24) is 14.5 Å². The van der Waals surface area contributed by atoms with Crippen LogP contribution < -0.4 is 10.9 Å². The highest BCUT2D eigenvalue weighted by molar-refractivity contribution is 7.99. The molecule has 2 aromatic carbocycles. The monoisotopic (exact) mass is 492 g/mol. The quantitative estimate of drug-likeness (QED) is 0.379. The number of thioether (sulfide) groups is 1. The summed E-state index contributed by atoms with van der Waals surface area (Å²) in [5.74, 6) is -1.30. The molecule has 0 saturated heterocycles. The Kier molecular flexibility index (Phi) is 7.98. The smallest absolute Gasteiger partial charge is 0.336 e. The van der Waals surface area contributed by atoms with E-state index in [2.05, 4.69) is 10.3 Å². The van der Waals surface area contributed by atoms with Crippen molar-refractivity contribution < 1.29 is 22.8 Å². The van der Waals surface area contributed by atoms with E-state index in [1.165, 1.54) is 23.7 Å². The summed E-state index contributed by atoms with van der Waals surface area (Å²) < 4.78 is 40.9. The van der Waals surface area contributed by atoms with Crippen molar-refractivity contribution in [2.45, 2.75) is 31.2 Å². The molecule has 11 heteroatoms. The molecule has 34 heavy (non-hydrogen) atoms. The molecule has 0 saturated carbocycles. The molecule has 0 aliphatic carbocycles. The van der Waals surface area contributed by atoms with Gasteiger partial charge in [-0.15, -0.1) is 0 Å². The lowest BCUT2D eigenvalue weighted by molar-refractivity contribution is -0.137. The van der Waals surface area contributed by atoms with E-state index in [1.54, 1.807) is 24.3 Å². The highest BCUT2D eigenvalue weighted by atomic mass is 32.2. The van der Waals surface area contributed by atoms with E-state index in [0.717, 1.165) is 28.8 Å². The number of benzene rings is 2. The van der Waals surface area contributed by atoms with Crippen LogP contribution >= 0.6 is 11.8 Å². The number of aromatic nitrogens is 2. The van der Waals surface area contributed by atoms with Gasteiger partial charge in [-0.1, -0.05) is 43.0 Å². The lowest BCUT2D eigenvalue weighted by atomic mass is 10.1. The zero-order chi connectivity index (χ0) is 24.9. The number of para-hydroxylation sites is 2. The van der Waals surface area contributed by atoms with E-state index in [1.807, 2.05) is 6.92 Å². The highest BCUT2D eigenvalue weighted by Gasteiger charge is 2.33. The van der Waals surface area contributed by atoms with Crippen molar-refractivity contribution in [1.29, 1.82) is 0 Å². The number of fused-ring (bicyclic) bond motifs is 1. The van der Waals surface area contributed by atoms with Crippen molar-refractivity contribution in [2.75, 3.05) is 24.7 Å². The fourth-order valence-electron chi connectivity index (χ4n) is 3.25. The van der Waals surface area contributed by atoms with Crippen LogP contribution in [0.5, 0.6) is 0 Å². The van der Waals surface area contributed by atoms with Gasteiger partial charge < -0.3 is 10.2 Å². The number of rotatable bonds is 8. The van der Waals surface area contributed by atoms with Gasteiger partial charge in [0.2, 0.25) is 11.8 Å². The Hall–Kier alpha value is -3.34. The summed E-state index contributed by atoms with van der Waals surface area (Å²) >= 11 is 1.07. The first-order chi connectivity index (χ1) is 16.1. The standard InChI is InChI=1S/C23H23F3N4O3S/c1-3-12-30-21(33)15-8-4-6-10-17(15)28-22(30)34-14-20(32)29(2)13-19(31)27-18-11-7-5-9-16(18)23(24,25)26/h4-11H,3,12-14H2,1-2H3,(H,27,31). The normalized spacial score (nSPS) is 11.4. The van der Waals surface area contributed by atoms with E-state index in [0.29, 0.717) is 29.0 Å². The van der Waals surface area contributed by atoms with Gasteiger partial charge in [-0.05, 0) is 30.7 Å². The summed E-state index contributed by atoms with van der Waals surface area (Å²) in [4.78, 5) is 43.3. The molecule has 0 spiro atoms. The van der Waals surface area contributed by atoms with Crippen LogP contribution in [0.1, 0.15) is 18.9 Å². The van der Waals surface area contributed by atoms with Crippen molar-refractivity contribution in [3.8, 4) is 0 Å². The molecule has 2 amide bonds. The molecule has 0 unspecified atom stereocenters. The summed E-state index contributed by atoms with van der Waals surface area (Å²) in [6.07, 6.45) is -3.93. The number of hydrogen-bond donors (Lipinski definition) is 1. The van der Waals surface area contributed by atoms with Crippen LogP contribution in [0.3, 0.4) is 0 Å². The lowest BCUT2D eigenvalue weighted by Gasteiger charge is -2.18. The second-order valence-corrected chi connectivity index (χ2v) is 8.44. The van der Waals surface area contributed by atoms with Crippen LogP contribution in [0.25, 0.3) is 10.9 Å². The number of anilines is 1. The number of nitrogens with one attached hydrogen (secondary N) is 1. The number of amides is 2. The number of hydrogen-bond acceptors (Lipinski definition) is 5. The van der Waals surface area contributed by atoms with Crippen molar-refractivity contribution in [3.63, 3.8) is 0 Å². The second kappa shape index (κ2) is 10.7. The topological polar surface area (TPSA) is 84.3 Å². The molecule has 0 atom stereocenters. The Morgan fingerprint density at radius 3 is 2.50 bits per heavy atom. The molecular formula is C23H23F3N4O3S. The maximum absolute atomic E-state index is 13.1. The lowest BCUT2D eigenvalue weighted by Crippen LogP contribution is -2.36. The maximum Gasteiger partial charge on any atom is 0.418 e. The molecular weight excluding hydrogens is 469 g/mol.